The minimum absolute atomic E-state index is 0.251. The molecule has 0 bridgehead atoms. The van der Waals surface area contributed by atoms with E-state index in [1.54, 1.807) is 16.7 Å². The van der Waals surface area contributed by atoms with Crippen LogP contribution in [0.15, 0.2) is 83.9 Å². The number of carbonyl (C=O) groups is 1. The summed E-state index contributed by atoms with van der Waals surface area (Å²) in [5.74, 6) is 1.21. The molecule has 3 aromatic carbocycles. The first-order chi connectivity index (χ1) is 16.7. The summed E-state index contributed by atoms with van der Waals surface area (Å²) in [5, 5.41) is 6.29. The third-order valence-corrected chi connectivity index (χ3v) is 7.47. The fourth-order valence-electron chi connectivity index (χ4n) is 4.28. The molecule has 1 saturated heterocycles. The van der Waals surface area contributed by atoms with Gasteiger partial charge in [0.05, 0.1) is 16.7 Å². The molecule has 2 heterocycles. The van der Waals surface area contributed by atoms with Gasteiger partial charge in [0.25, 0.3) is 0 Å². The van der Waals surface area contributed by atoms with Gasteiger partial charge in [-0.15, -0.1) is 11.8 Å². The van der Waals surface area contributed by atoms with Crippen LogP contribution in [0.2, 0.25) is 5.02 Å². The molecule has 7 heteroatoms. The van der Waals surface area contributed by atoms with Gasteiger partial charge < -0.3 is 9.64 Å². The molecular weight excluding hydrogens is 466 g/mol. The fourth-order valence-corrected chi connectivity index (χ4v) is 5.53. The van der Waals surface area contributed by atoms with Crippen LogP contribution in [0.3, 0.4) is 0 Å². The molecule has 1 aliphatic heterocycles. The zero-order valence-electron chi connectivity index (χ0n) is 18.8. The number of halogens is 1. The number of carbonyl (C=O) groups excluding carboxylic acids is 1. The maximum Gasteiger partial charge on any atom is 0.410 e. The molecular formula is C27H26ClN3O2S. The Balaban J connectivity index is 1.21. The minimum atomic E-state index is -0.251. The van der Waals surface area contributed by atoms with Crippen LogP contribution in [0, 0.1) is 5.92 Å². The van der Waals surface area contributed by atoms with Crippen molar-refractivity contribution in [1.29, 1.82) is 0 Å². The van der Waals surface area contributed by atoms with E-state index < -0.39 is 0 Å². The predicted octanol–water partition coefficient (Wildman–Crippen LogP) is 6.64. The van der Waals surface area contributed by atoms with Crippen molar-refractivity contribution in [1.82, 2.24) is 14.7 Å². The van der Waals surface area contributed by atoms with Gasteiger partial charge in [-0.2, -0.15) is 5.10 Å². The van der Waals surface area contributed by atoms with Crippen molar-refractivity contribution < 1.29 is 9.53 Å². The lowest BCUT2D eigenvalue weighted by Gasteiger charge is -2.17. The second kappa shape index (κ2) is 10.5. The van der Waals surface area contributed by atoms with Crippen molar-refractivity contribution in [2.24, 2.45) is 5.92 Å². The molecule has 0 saturated carbocycles. The summed E-state index contributed by atoms with van der Waals surface area (Å²) >= 11 is 8.36. The number of nitrogens with zero attached hydrogens (tertiary/aromatic N) is 3. The van der Waals surface area contributed by atoms with E-state index in [2.05, 4.69) is 35.4 Å². The Bertz CT molecular complexity index is 1260. The van der Waals surface area contributed by atoms with Gasteiger partial charge >= 0.3 is 6.09 Å². The van der Waals surface area contributed by atoms with Gasteiger partial charge in [-0.1, -0.05) is 72.3 Å². The third kappa shape index (κ3) is 5.40. The largest absolute Gasteiger partial charge is 0.445 e. The summed E-state index contributed by atoms with van der Waals surface area (Å²) in [6.07, 6.45) is 2.52. The molecule has 1 unspecified atom stereocenters. The van der Waals surface area contributed by atoms with Crippen molar-refractivity contribution in [3.63, 3.8) is 0 Å². The van der Waals surface area contributed by atoms with Crippen LogP contribution in [-0.2, 0) is 23.6 Å². The molecule has 5 nitrogen and oxygen atoms in total. The summed E-state index contributed by atoms with van der Waals surface area (Å²) in [5.41, 5.74) is 3.31. The highest BCUT2D eigenvalue weighted by Gasteiger charge is 2.28. The van der Waals surface area contributed by atoms with E-state index in [1.807, 2.05) is 53.3 Å². The number of fused-ring (bicyclic) bond motifs is 1. The van der Waals surface area contributed by atoms with Crippen LogP contribution < -0.4 is 0 Å². The highest BCUT2D eigenvalue weighted by Crippen LogP contribution is 2.32. The number of rotatable bonds is 7. The molecule has 1 fully saturated rings. The Hall–Kier alpha value is -2.96. The Morgan fingerprint density at radius 1 is 1.06 bits per heavy atom. The van der Waals surface area contributed by atoms with Gasteiger partial charge in [0.15, 0.2) is 0 Å². The first-order valence-electron chi connectivity index (χ1n) is 11.4. The first-order valence-corrected chi connectivity index (χ1v) is 12.8. The number of aromatic nitrogens is 2. The average molecular weight is 492 g/mol. The van der Waals surface area contributed by atoms with Crippen molar-refractivity contribution >= 4 is 40.4 Å². The molecule has 0 N–H and O–H groups in total. The van der Waals surface area contributed by atoms with E-state index in [1.165, 1.54) is 5.56 Å². The van der Waals surface area contributed by atoms with Crippen LogP contribution in [0.1, 0.15) is 17.5 Å². The van der Waals surface area contributed by atoms with Gasteiger partial charge in [-0.05, 0) is 35.6 Å². The van der Waals surface area contributed by atoms with E-state index in [0.717, 1.165) is 45.1 Å². The third-order valence-electron chi connectivity index (χ3n) is 6.11. The van der Waals surface area contributed by atoms with Gasteiger partial charge in [0, 0.05) is 35.7 Å². The molecule has 1 aromatic heterocycles. The SMILES string of the molecule is O=C(OCc1ccccc1)N1CCC(Cn2ncc3c(Cl)cc(SCc4ccccc4)cc32)C1. The predicted molar refractivity (Wildman–Crippen MR) is 137 cm³/mol. The summed E-state index contributed by atoms with van der Waals surface area (Å²) in [6.45, 7) is 2.42. The molecule has 34 heavy (non-hydrogen) atoms. The molecule has 0 radical (unpaired) electrons. The smallest absolute Gasteiger partial charge is 0.410 e. The van der Waals surface area contributed by atoms with Crippen LogP contribution in [-0.4, -0.2) is 33.9 Å². The van der Waals surface area contributed by atoms with Gasteiger partial charge in [0.2, 0.25) is 0 Å². The van der Waals surface area contributed by atoms with Crippen LogP contribution in [0.4, 0.5) is 4.79 Å². The number of thioether (sulfide) groups is 1. The summed E-state index contributed by atoms with van der Waals surface area (Å²) in [7, 11) is 0. The van der Waals surface area contributed by atoms with Gasteiger partial charge in [0.1, 0.15) is 6.61 Å². The maximum absolute atomic E-state index is 12.5. The van der Waals surface area contributed by atoms with Crippen molar-refractivity contribution in [3.05, 3.63) is 95.1 Å². The van der Waals surface area contributed by atoms with E-state index in [-0.39, 0.29) is 6.09 Å². The second-order valence-corrected chi connectivity index (χ2v) is 10.0. The van der Waals surface area contributed by atoms with Crippen LogP contribution >= 0.6 is 23.4 Å². The number of hydrogen-bond acceptors (Lipinski definition) is 4. The van der Waals surface area contributed by atoms with E-state index in [4.69, 9.17) is 16.3 Å². The molecule has 4 aromatic rings. The second-order valence-electron chi connectivity index (χ2n) is 8.58. The zero-order valence-corrected chi connectivity index (χ0v) is 20.3. The van der Waals surface area contributed by atoms with Crippen LogP contribution in [0.5, 0.6) is 0 Å². The fraction of sp³-hybridized carbons (Fsp3) is 0.259. The quantitative estimate of drug-likeness (QED) is 0.272. The lowest BCUT2D eigenvalue weighted by atomic mass is 10.1. The lowest BCUT2D eigenvalue weighted by Crippen LogP contribution is -2.29. The van der Waals surface area contributed by atoms with Gasteiger partial charge in [-0.3, -0.25) is 4.68 Å². The van der Waals surface area contributed by atoms with Crippen molar-refractivity contribution in [3.8, 4) is 0 Å². The molecule has 5 rings (SSSR count). The van der Waals surface area contributed by atoms with Crippen LogP contribution in [0.25, 0.3) is 10.9 Å². The van der Waals surface area contributed by atoms with E-state index in [0.29, 0.717) is 25.6 Å². The summed E-state index contributed by atoms with van der Waals surface area (Å²) in [4.78, 5) is 15.4. The molecule has 1 amide bonds. The van der Waals surface area contributed by atoms with E-state index in [9.17, 15) is 4.79 Å². The average Bonchev–Trinajstić information content (AvgIpc) is 3.51. The normalized spacial score (nSPS) is 15.7. The standard InChI is InChI=1S/C27H26ClN3O2S/c28-25-13-23(34-19-21-9-5-2-6-10-21)14-26-24(25)15-29-31(26)17-22-11-12-30(16-22)27(32)33-18-20-7-3-1-4-8-20/h1-10,13-15,22H,11-12,16-19H2. The number of ether oxygens (including phenoxy) is 1. The van der Waals surface area contributed by atoms with Crippen molar-refractivity contribution in [2.45, 2.75) is 30.2 Å². The maximum atomic E-state index is 12.5. The minimum Gasteiger partial charge on any atom is -0.445 e. The molecule has 174 valence electrons. The number of hydrogen-bond donors (Lipinski definition) is 0. The lowest BCUT2D eigenvalue weighted by molar-refractivity contribution is 0.103. The number of amides is 1. The topological polar surface area (TPSA) is 47.4 Å². The number of benzene rings is 3. The summed E-state index contributed by atoms with van der Waals surface area (Å²) < 4.78 is 7.53. The first kappa shape index (κ1) is 22.8. The van der Waals surface area contributed by atoms with E-state index >= 15 is 0 Å². The molecule has 1 aliphatic rings. The number of likely N-dealkylation sites (tertiary alicyclic amines) is 1. The molecule has 0 spiro atoms. The van der Waals surface area contributed by atoms with Gasteiger partial charge in [-0.25, -0.2) is 4.79 Å². The monoisotopic (exact) mass is 491 g/mol. The molecule has 0 aliphatic carbocycles. The molecule has 1 atom stereocenters. The Morgan fingerprint density at radius 3 is 2.56 bits per heavy atom. The highest BCUT2D eigenvalue weighted by atomic mass is 35.5. The summed E-state index contributed by atoms with van der Waals surface area (Å²) in [6, 6.07) is 24.4. The Morgan fingerprint density at radius 2 is 1.79 bits per heavy atom. The van der Waals surface area contributed by atoms with Crippen molar-refractivity contribution in [2.75, 3.05) is 13.1 Å². The highest BCUT2D eigenvalue weighted by molar-refractivity contribution is 7.98. The Labute approximate surface area is 208 Å². The Kier molecular flexibility index (Phi) is 7.07. The zero-order chi connectivity index (χ0) is 23.3.